The van der Waals surface area contributed by atoms with E-state index >= 15 is 0 Å². The van der Waals surface area contributed by atoms with Crippen LogP contribution in [0.25, 0.3) is 0 Å². The Hall–Kier alpha value is -0.710. The lowest BCUT2D eigenvalue weighted by Crippen LogP contribution is -2.35. The summed E-state index contributed by atoms with van der Waals surface area (Å²) in [6, 6.07) is 0.378. The maximum absolute atomic E-state index is 13.0. The highest BCUT2D eigenvalue weighted by Crippen LogP contribution is 2.30. The van der Waals surface area contributed by atoms with Gasteiger partial charge in [-0.05, 0) is 25.2 Å². The molecule has 1 saturated heterocycles. The van der Waals surface area contributed by atoms with Crippen molar-refractivity contribution in [3.8, 4) is 0 Å². The van der Waals surface area contributed by atoms with Gasteiger partial charge in [-0.2, -0.15) is 8.78 Å². The van der Waals surface area contributed by atoms with Crippen molar-refractivity contribution in [3.05, 3.63) is 0 Å². The smallest absolute Gasteiger partial charge is 0.377 e. The SMILES string of the molecule is CC1CCCC(NCC2CC(F)(F)C(=O)O2)CC1. The molecule has 1 N–H and O–H groups in total. The van der Waals surface area contributed by atoms with Gasteiger partial charge in [0.05, 0.1) is 6.42 Å². The maximum atomic E-state index is 13.0. The quantitative estimate of drug-likeness (QED) is 0.626. The van der Waals surface area contributed by atoms with Gasteiger partial charge >= 0.3 is 11.9 Å². The minimum absolute atomic E-state index is 0.348. The molecule has 3 nitrogen and oxygen atoms in total. The normalized spacial score (nSPS) is 36.2. The van der Waals surface area contributed by atoms with Crippen LogP contribution in [0.4, 0.5) is 8.78 Å². The molecule has 0 radical (unpaired) electrons. The van der Waals surface area contributed by atoms with Crippen LogP contribution in [-0.2, 0) is 9.53 Å². The second kappa shape index (κ2) is 5.51. The molecule has 1 aliphatic carbocycles. The predicted octanol–water partition coefficient (Wildman–Crippen LogP) is 2.50. The van der Waals surface area contributed by atoms with Gasteiger partial charge in [0.15, 0.2) is 0 Å². The Morgan fingerprint density at radius 3 is 2.78 bits per heavy atom. The Balaban J connectivity index is 1.74. The number of carbonyl (C=O) groups is 1. The number of alkyl halides is 2. The van der Waals surface area contributed by atoms with Crippen LogP contribution in [0.2, 0.25) is 0 Å². The van der Waals surface area contributed by atoms with Crippen molar-refractivity contribution >= 4 is 5.97 Å². The van der Waals surface area contributed by atoms with Crippen molar-refractivity contribution < 1.29 is 18.3 Å². The van der Waals surface area contributed by atoms with Crippen molar-refractivity contribution in [1.29, 1.82) is 0 Å². The van der Waals surface area contributed by atoms with Crippen molar-refractivity contribution in [2.45, 2.75) is 63.5 Å². The van der Waals surface area contributed by atoms with E-state index in [1.165, 1.54) is 19.3 Å². The van der Waals surface area contributed by atoms with Crippen molar-refractivity contribution in [2.24, 2.45) is 5.92 Å². The number of hydrogen-bond acceptors (Lipinski definition) is 3. The molecular formula is C13H21F2NO2. The van der Waals surface area contributed by atoms with Gasteiger partial charge in [0, 0.05) is 12.6 Å². The predicted molar refractivity (Wildman–Crippen MR) is 63.5 cm³/mol. The lowest BCUT2D eigenvalue weighted by Gasteiger charge is -2.18. The molecule has 5 heteroatoms. The molecule has 0 amide bonds. The third-order valence-corrected chi connectivity index (χ3v) is 3.95. The van der Waals surface area contributed by atoms with Crippen LogP contribution in [0.3, 0.4) is 0 Å². The van der Waals surface area contributed by atoms with Crippen LogP contribution < -0.4 is 5.32 Å². The van der Waals surface area contributed by atoms with Crippen molar-refractivity contribution in [3.63, 3.8) is 0 Å². The van der Waals surface area contributed by atoms with Gasteiger partial charge in [0.2, 0.25) is 0 Å². The summed E-state index contributed by atoms with van der Waals surface area (Å²) in [5.41, 5.74) is 0. The monoisotopic (exact) mass is 261 g/mol. The molecule has 2 fully saturated rings. The van der Waals surface area contributed by atoms with Gasteiger partial charge in [0.1, 0.15) is 6.10 Å². The molecule has 0 spiro atoms. The summed E-state index contributed by atoms with van der Waals surface area (Å²) in [6.45, 7) is 2.60. The van der Waals surface area contributed by atoms with Crippen LogP contribution >= 0.6 is 0 Å². The summed E-state index contributed by atoms with van der Waals surface area (Å²) < 4.78 is 30.6. The molecule has 0 aromatic carbocycles. The van der Waals surface area contributed by atoms with Crippen molar-refractivity contribution in [1.82, 2.24) is 5.32 Å². The fourth-order valence-electron chi connectivity index (χ4n) is 2.75. The fourth-order valence-corrected chi connectivity index (χ4v) is 2.75. The van der Waals surface area contributed by atoms with E-state index in [2.05, 4.69) is 17.0 Å². The number of hydrogen-bond donors (Lipinski definition) is 1. The molecular weight excluding hydrogens is 240 g/mol. The van der Waals surface area contributed by atoms with Crippen LogP contribution in [0.1, 0.15) is 45.4 Å². The minimum atomic E-state index is -3.29. The molecule has 0 bridgehead atoms. The molecule has 1 heterocycles. The van der Waals surface area contributed by atoms with E-state index in [9.17, 15) is 13.6 Å². The van der Waals surface area contributed by atoms with Gasteiger partial charge in [-0.15, -0.1) is 0 Å². The zero-order valence-electron chi connectivity index (χ0n) is 10.8. The lowest BCUT2D eigenvalue weighted by molar-refractivity contribution is -0.159. The van der Waals surface area contributed by atoms with Gasteiger partial charge in [0.25, 0.3) is 0 Å². The zero-order valence-corrected chi connectivity index (χ0v) is 10.8. The number of halogens is 2. The first kappa shape index (κ1) is 13.7. The average Bonchev–Trinajstić information content (AvgIpc) is 2.48. The van der Waals surface area contributed by atoms with Crippen LogP contribution in [0, 0.1) is 5.92 Å². The third kappa shape index (κ3) is 3.40. The summed E-state index contributed by atoms with van der Waals surface area (Å²) in [7, 11) is 0. The first-order valence-electron chi connectivity index (χ1n) is 6.79. The molecule has 1 saturated carbocycles. The van der Waals surface area contributed by atoms with Crippen LogP contribution in [0.5, 0.6) is 0 Å². The standard InChI is InChI=1S/C13H21F2NO2/c1-9-3-2-4-10(6-5-9)16-8-11-7-13(14,15)12(17)18-11/h9-11,16H,2-8H2,1H3. The summed E-state index contributed by atoms with van der Waals surface area (Å²) in [6.07, 6.45) is 4.61. The number of rotatable bonds is 3. The Bertz CT molecular complexity index is 309. The summed E-state index contributed by atoms with van der Waals surface area (Å²) in [4.78, 5) is 10.9. The molecule has 3 unspecified atom stereocenters. The van der Waals surface area contributed by atoms with Gasteiger partial charge in [-0.1, -0.05) is 19.8 Å². The lowest BCUT2D eigenvalue weighted by atomic mass is 10.0. The summed E-state index contributed by atoms with van der Waals surface area (Å²) in [5, 5.41) is 3.27. The third-order valence-electron chi connectivity index (χ3n) is 3.95. The van der Waals surface area contributed by atoms with E-state index in [1.54, 1.807) is 0 Å². The number of carbonyl (C=O) groups excluding carboxylic acids is 1. The Kier molecular flexibility index (Phi) is 4.20. The summed E-state index contributed by atoms with van der Waals surface area (Å²) in [5.74, 6) is -3.90. The van der Waals surface area contributed by atoms with E-state index in [-0.39, 0.29) is 0 Å². The van der Waals surface area contributed by atoms with E-state index in [0.717, 1.165) is 18.8 Å². The van der Waals surface area contributed by atoms with E-state index < -0.39 is 24.4 Å². The first-order valence-corrected chi connectivity index (χ1v) is 6.79. The molecule has 1 aliphatic heterocycles. The molecule has 0 aromatic heterocycles. The van der Waals surface area contributed by atoms with Crippen LogP contribution in [0.15, 0.2) is 0 Å². The second-order valence-corrected chi connectivity index (χ2v) is 5.65. The average molecular weight is 261 g/mol. The van der Waals surface area contributed by atoms with Gasteiger partial charge < -0.3 is 10.1 Å². The Labute approximate surface area is 106 Å². The number of nitrogens with one attached hydrogen (secondary N) is 1. The minimum Gasteiger partial charge on any atom is -0.456 e. The van der Waals surface area contributed by atoms with E-state index in [1.807, 2.05) is 0 Å². The zero-order chi connectivity index (χ0) is 13.2. The maximum Gasteiger partial charge on any atom is 0.377 e. The highest BCUT2D eigenvalue weighted by Gasteiger charge is 2.50. The highest BCUT2D eigenvalue weighted by atomic mass is 19.3. The first-order chi connectivity index (χ1) is 8.47. The van der Waals surface area contributed by atoms with Gasteiger partial charge in [-0.25, -0.2) is 4.79 Å². The molecule has 2 rings (SSSR count). The van der Waals surface area contributed by atoms with E-state index in [4.69, 9.17) is 0 Å². The molecule has 3 atom stereocenters. The van der Waals surface area contributed by atoms with E-state index in [0.29, 0.717) is 12.6 Å². The van der Waals surface area contributed by atoms with Gasteiger partial charge in [-0.3, -0.25) is 0 Å². The largest absolute Gasteiger partial charge is 0.456 e. The Morgan fingerprint density at radius 1 is 1.33 bits per heavy atom. The Morgan fingerprint density at radius 2 is 2.11 bits per heavy atom. The fraction of sp³-hybridized carbons (Fsp3) is 0.923. The molecule has 2 aliphatic rings. The molecule has 104 valence electrons. The van der Waals surface area contributed by atoms with Crippen molar-refractivity contribution in [2.75, 3.05) is 6.54 Å². The summed E-state index contributed by atoms with van der Waals surface area (Å²) >= 11 is 0. The number of ether oxygens (including phenoxy) is 1. The second-order valence-electron chi connectivity index (χ2n) is 5.65. The topological polar surface area (TPSA) is 38.3 Å². The molecule has 18 heavy (non-hydrogen) atoms. The molecule has 0 aromatic rings. The number of esters is 1. The number of cyclic esters (lactones) is 1. The van der Waals surface area contributed by atoms with Crippen LogP contribution in [-0.4, -0.2) is 30.6 Å². The highest BCUT2D eigenvalue weighted by molar-refractivity contribution is 5.79.